The van der Waals surface area contributed by atoms with Gasteiger partial charge in [-0.05, 0) is 57.1 Å². The fourth-order valence-electron chi connectivity index (χ4n) is 2.81. The topological polar surface area (TPSA) is 68.8 Å². The summed E-state index contributed by atoms with van der Waals surface area (Å²) < 4.78 is 0. The molecule has 1 amide bonds. The molecule has 3 N–H and O–H groups in total. The summed E-state index contributed by atoms with van der Waals surface area (Å²) in [6.07, 6.45) is 2.27. The predicted octanol–water partition coefficient (Wildman–Crippen LogP) is 2.22. The van der Waals surface area contributed by atoms with Crippen molar-refractivity contribution in [1.29, 1.82) is 0 Å². The molecule has 1 aromatic carbocycles. The van der Waals surface area contributed by atoms with Crippen molar-refractivity contribution < 1.29 is 4.79 Å². The van der Waals surface area contributed by atoms with E-state index >= 15 is 0 Å². The first-order valence-corrected chi connectivity index (χ1v) is 9.54. The van der Waals surface area contributed by atoms with E-state index in [0.29, 0.717) is 18.2 Å². The van der Waals surface area contributed by atoms with Gasteiger partial charge in [0.05, 0.1) is 0 Å². The minimum absolute atomic E-state index is 0.0730. The van der Waals surface area contributed by atoms with E-state index in [1.165, 1.54) is 6.42 Å². The number of carbonyl (C=O) groups is 1. The van der Waals surface area contributed by atoms with Crippen LogP contribution in [0, 0.1) is 0 Å². The van der Waals surface area contributed by atoms with Gasteiger partial charge in [0.15, 0.2) is 5.96 Å². The molecule has 0 aliphatic heterocycles. The summed E-state index contributed by atoms with van der Waals surface area (Å²) in [5.74, 6) is 0.710. The Bertz CT molecular complexity index is 569. The number of guanidine groups is 1. The number of hydrogen-bond donors (Lipinski definition) is 3. The molecule has 1 aromatic rings. The van der Waals surface area contributed by atoms with Crippen LogP contribution >= 0.6 is 0 Å². The molecule has 0 heterocycles. The lowest BCUT2D eigenvalue weighted by Crippen LogP contribution is -2.42. The van der Waals surface area contributed by atoms with Crippen LogP contribution in [0.1, 0.15) is 49.5 Å². The van der Waals surface area contributed by atoms with Gasteiger partial charge >= 0.3 is 0 Å². The number of aliphatic imine (C=N–C) groups is 1. The molecule has 0 spiro atoms. The number of rotatable bonds is 10. The van der Waals surface area contributed by atoms with Gasteiger partial charge in [-0.15, -0.1) is 0 Å². The molecule has 0 bridgehead atoms. The zero-order valence-electron chi connectivity index (χ0n) is 16.9. The Morgan fingerprint density at radius 3 is 2.62 bits per heavy atom. The standard InChI is InChI=1S/C20H35N5O/c1-6-25(7-2)13-9-10-16(3)24-20(22-5)23-15-17-11-8-12-18(14-17)19(26)21-4/h8,11-12,14,16H,6-7,9-10,13,15H2,1-5H3,(H,21,26)(H2,22,23,24). The van der Waals surface area contributed by atoms with Crippen LogP contribution in [0.4, 0.5) is 0 Å². The average molecular weight is 362 g/mol. The van der Waals surface area contributed by atoms with E-state index in [1.54, 1.807) is 14.1 Å². The molecular formula is C20H35N5O. The highest BCUT2D eigenvalue weighted by Crippen LogP contribution is 2.05. The fourth-order valence-corrected chi connectivity index (χ4v) is 2.81. The van der Waals surface area contributed by atoms with Gasteiger partial charge in [0, 0.05) is 32.2 Å². The molecule has 146 valence electrons. The lowest BCUT2D eigenvalue weighted by atomic mass is 10.1. The molecule has 0 saturated carbocycles. The normalized spacial score (nSPS) is 12.8. The summed E-state index contributed by atoms with van der Waals surface area (Å²) >= 11 is 0. The third-order valence-electron chi connectivity index (χ3n) is 4.49. The van der Waals surface area contributed by atoms with Crippen LogP contribution in [0.15, 0.2) is 29.3 Å². The van der Waals surface area contributed by atoms with Crippen molar-refractivity contribution in [2.24, 2.45) is 4.99 Å². The molecular weight excluding hydrogens is 326 g/mol. The third-order valence-corrected chi connectivity index (χ3v) is 4.49. The van der Waals surface area contributed by atoms with Crippen molar-refractivity contribution in [3.8, 4) is 0 Å². The van der Waals surface area contributed by atoms with Crippen molar-refractivity contribution in [2.75, 3.05) is 33.7 Å². The molecule has 6 heteroatoms. The quantitative estimate of drug-likeness (QED) is 0.441. The van der Waals surface area contributed by atoms with E-state index in [0.717, 1.165) is 37.6 Å². The Labute approximate surface area is 158 Å². The van der Waals surface area contributed by atoms with Crippen molar-refractivity contribution >= 4 is 11.9 Å². The van der Waals surface area contributed by atoms with E-state index in [9.17, 15) is 4.79 Å². The Kier molecular flexibility index (Phi) is 10.4. The lowest BCUT2D eigenvalue weighted by molar-refractivity contribution is 0.0963. The number of carbonyl (C=O) groups excluding carboxylic acids is 1. The fraction of sp³-hybridized carbons (Fsp3) is 0.600. The molecule has 1 rings (SSSR count). The molecule has 0 saturated heterocycles. The molecule has 1 unspecified atom stereocenters. The number of hydrogen-bond acceptors (Lipinski definition) is 3. The van der Waals surface area contributed by atoms with Crippen molar-refractivity contribution in [3.63, 3.8) is 0 Å². The van der Waals surface area contributed by atoms with Crippen LogP contribution in [-0.2, 0) is 6.54 Å². The maximum Gasteiger partial charge on any atom is 0.251 e. The zero-order chi connectivity index (χ0) is 19.4. The summed E-state index contributed by atoms with van der Waals surface area (Å²) in [6, 6.07) is 7.96. The lowest BCUT2D eigenvalue weighted by Gasteiger charge is -2.21. The van der Waals surface area contributed by atoms with Crippen LogP contribution in [0.25, 0.3) is 0 Å². The van der Waals surface area contributed by atoms with E-state index < -0.39 is 0 Å². The van der Waals surface area contributed by atoms with Crippen molar-refractivity contribution in [3.05, 3.63) is 35.4 Å². The second-order valence-electron chi connectivity index (χ2n) is 6.42. The Morgan fingerprint density at radius 1 is 1.27 bits per heavy atom. The first-order valence-electron chi connectivity index (χ1n) is 9.54. The predicted molar refractivity (Wildman–Crippen MR) is 110 cm³/mol. The van der Waals surface area contributed by atoms with Crippen LogP contribution in [0.5, 0.6) is 0 Å². The van der Waals surface area contributed by atoms with Gasteiger partial charge in [0.1, 0.15) is 0 Å². The molecule has 26 heavy (non-hydrogen) atoms. The summed E-state index contributed by atoms with van der Waals surface area (Å²) in [4.78, 5) is 18.5. The molecule has 0 aliphatic carbocycles. The van der Waals surface area contributed by atoms with Crippen LogP contribution in [-0.4, -0.2) is 56.5 Å². The van der Waals surface area contributed by atoms with Crippen molar-refractivity contribution in [1.82, 2.24) is 20.9 Å². The molecule has 6 nitrogen and oxygen atoms in total. The summed E-state index contributed by atoms with van der Waals surface area (Å²) in [6.45, 7) is 10.6. The van der Waals surface area contributed by atoms with Gasteiger partial charge in [-0.25, -0.2) is 0 Å². The highest BCUT2D eigenvalue weighted by atomic mass is 16.1. The van der Waals surface area contributed by atoms with E-state index in [1.807, 2.05) is 24.3 Å². The summed E-state index contributed by atoms with van der Waals surface area (Å²) in [7, 11) is 3.42. The highest BCUT2D eigenvalue weighted by molar-refractivity contribution is 5.94. The first-order chi connectivity index (χ1) is 12.5. The van der Waals surface area contributed by atoms with Gasteiger partial charge in [-0.1, -0.05) is 26.0 Å². The van der Waals surface area contributed by atoms with E-state index in [-0.39, 0.29) is 5.91 Å². The highest BCUT2D eigenvalue weighted by Gasteiger charge is 2.08. The summed E-state index contributed by atoms with van der Waals surface area (Å²) in [5, 5.41) is 9.40. The number of nitrogens with one attached hydrogen (secondary N) is 3. The Balaban J connectivity index is 2.44. The van der Waals surface area contributed by atoms with E-state index in [4.69, 9.17) is 0 Å². The maximum atomic E-state index is 11.7. The van der Waals surface area contributed by atoms with Crippen LogP contribution in [0.3, 0.4) is 0 Å². The molecule has 0 fully saturated rings. The largest absolute Gasteiger partial charge is 0.355 e. The Hall–Kier alpha value is -2.08. The Morgan fingerprint density at radius 2 is 2.00 bits per heavy atom. The molecule has 0 aromatic heterocycles. The van der Waals surface area contributed by atoms with Gasteiger partial charge in [-0.3, -0.25) is 9.79 Å². The monoisotopic (exact) mass is 361 g/mol. The molecule has 0 aliphatic rings. The number of amides is 1. The SMILES string of the molecule is CCN(CC)CCCC(C)NC(=NC)NCc1cccc(C(=O)NC)c1. The molecule has 1 atom stereocenters. The molecule has 0 radical (unpaired) electrons. The van der Waals surface area contributed by atoms with Crippen LogP contribution in [0.2, 0.25) is 0 Å². The van der Waals surface area contributed by atoms with Gasteiger partial charge in [-0.2, -0.15) is 0 Å². The number of benzene rings is 1. The smallest absolute Gasteiger partial charge is 0.251 e. The second-order valence-corrected chi connectivity index (χ2v) is 6.42. The van der Waals surface area contributed by atoms with E-state index in [2.05, 4.69) is 46.6 Å². The first kappa shape index (κ1) is 22.0. The minimum Gasteiger partial charge on any atom is -0.355 e. The zero-order valence-corrected chi connectivity index (χ0v) is 16.9. The second kappa shape index (κ2) is 12.3. The number of nitrogens with zero attached hydrogens (tertiary/aromatic N) is 2. The van der Waals surface area contributed by atoms with Gasteiger partial charge in [0.2, 0.25) is 0 Å². The third kappa shape index (κ3) is 7.87. The van der Waals surface area contributed by atoms with Gasteiger partial charge in [0.25, 0.3) is 5.91 Å². The summed E-state index contributed by atoms with van der Waals surface area (Å²) in [5.41, 5.74) is 1.71. The van der Waals surface area contributed by atoms with Crippen molar-refractivity contribution in [2.45, 2.75) is 46.2 Å². The maximum absolute atomic E-state index is 11.7. The van der Waals surface area contributed by atoms with Gasteiger partial charge < -0.3 is 20.9 Å². The average Bonchev–Trinajstić information content (AvgIpc) is 2.68. The minimum atomic E-state index is -0.0730. The van der Waals surface area contributed by atoms with Crippen LogP contribution < -0.4 is 16.0 Å².